The first-order valence-corrected chi connectivity index (χ1v) is 11.8. The number of hydrogen-bond donors (Lipinski definition) is 0. The summed E-state index contributed by atoms with van der Waals surface area (Å²) >= 11 is 0. The van der Waals surface area contributed by atoms with Crippen molar-refractivity contribution in [3.05, 3.63) is 109 Å². The maximum atomic E-state index is 5.13. The Morgan fingerprint density at radius 1 is 0.600 bits per heavy atom. The molecule has 0 aliphatic heterocycles. The smallest absolute Gasteiger partial charge is 0.107 e. The molecule has 0 saturated heterocycles. The van der Waals surface area contributed by atoms with E-state index in [2.05, 4.69) is 96.6 Å². The summed E-state index contributed by atoms with van der Waals surface area (Å²) in [6.45, 7) is 4.61. The molecule has 1 aliphatic rings. The lowest BCUT2D eigenvalue weighted by Crippen LogP contribution is -2.14. The summed E-state index contributed by atoms with van der Waals surface area (Å²) in [4.78, 5) is 18.7. The minimum absolute atomic E-state index is 0.0430. The van der Waals surface area contributed by atoms with Crippen LogP contribution in [0.4, 0.5) is 0 Å². The van der Waals surface area contributed by atoms with E-state index in [9.17, 15) is 0 Å². The van der Waals surface area contributed by atoms with Gasteiger partial charge in [0.2, 0.25) is 0 Å². The Kier molecular flexibility index (Phi) is 4.15. The molecule has 3 aromatic carbocycles. The maximum Gasteiger partial charge on any atom is 0.107 e. The van der Waals surface area contributed by atoms with Crippen LogP contribution in [0, 0.1) is 0 Å². The van der Waals surface area contributed by atoms with Crippen molar-refractivity contribution >= 4 is 21.8 Å². The van der Waals surface area contributed by atoms with Gasteiger partial charge in [0.15, 0.2) is 0 Å². The summed E-state index contributed by atoms with van der Waals surface area (Å²) in [5, 5.41) is 2.12. The molecule has 35 heavy (non-hydrogen) atoms. The molecule has 166 valence electrons. The van der Waals surface area contributed by atoms with Gasteiger partial charge < -0.3 is 0 Å². The maximum absolute atomic E-state index is 5.13. The van der Waals surface area contributed by atoms with Gasteiger partial charge in [-0.1, -0.05) is 74.5 Å². The topological polar surface area (TPSA) is 51.6 Å². The third-order valence-corrected chi connectivity index (χ3v) is 7.22. The molecule has 4 heteroatoms. The minimum Gasteiger partial charge on any atom is -0.261 e. The number of pyridine rings is 2. The second kappa shape index (κ2) is 7.28. The lowest BCUT2D eigenvalue weighted by molar-refractivity contribution is 0.660. The Balaban J connectivity index is 1.40. The Hall–Kier alpha value is -4.44. The van der Waals surface area contributed by atoms with Crippen LogP contribution in [0.5, 0.6) is 0 Å². The standard InChI is InChI=1S/C31H22N4/c1-31(2)24-6-4-3-5-22(24)23-12-9-21(17-25(23)31)26-13-10-19-7-8-20-11-14-27(28-18-32-15-16-33-28)35-30(20)29(19)34-26/h3-18H,1-2H3. The molecule has 0 spiro atoms. The molecule has 7 rings (SSSR count). The molecule has 0 N–H and O–H groups in total. The second-order valence-corrected chi connectivity index (χ2v) is 9.62. The Labute approximate surface area is 203 Å². The molecule has 0 radical (unpaired) electrons. The fourth-order valence-corrected chi connectivity index (χ4v) is 5.37. The monoisotopic (exact) mass is 450 g/mol. The molecule has 4 nitrogen and oxygen atoms in total. The zero-order valence-electron chi connectivity index (χ0n) is 19.5. The first kappa shape index (κ1) is 20.0. The molecular weight excluding hydrogens is 428 g/mol. The van der Waals surface area contributed by atoms with E-state index < -0.39 is 0 Å². The highest BCUT2D eigenvalue weighted by atomic mass is 14.8. The number of benzene rings is 3. The van der Waals surface area contributed by atoms with E-state index >= 15 is 0 Å². The first-order valence-electron chi connectivity index (χ1n) is 11.8. The van der Waals surface area contributed by atoms with Gasteiger partial charge in [0.25, 0.3) is 0 Å². The lowest BCUT2D eigenvalue weighted by atomic mass is 9.82. The molecule has 3 heterocycles. The highest BCUT2D eigenvalue weighted by Crippen LogP contribution is 2.49. The fraction of sp³-hybridized carbons (Fsp3) is 0.0968. The Bertz CT molecular complexity index is 1770. The van der Waals surface area contributed by atoms with E-state index in [1.807, 2.05) is 6.07 Å². The molecule has 0 bridgehead atoms. The molecule has 0 fully saturated rings. The van der Waals surface area contributed by atoms with Crippen molar-refractivity contribution in [1.82, 2.24) is 19.9 Å². The summed E-state index contributed by atoms with van der Waals surface area (Å²) in [6.07, 6.45) is 5.10. The van der Waals surface area contributed by atoms with Crippen molar-refractivity contribution in [2.75, 3.05) is 0 Å². The van der Waals surface area contributed by atoms with Crippen molar-refractivity contribution in [2.24, 2.45) is 0 Å². The third-order valence-electron chi connectivity index (χ3n) is 7.22. The summed E-state index contributed by atoms with van der Waals surface area (Å²) in [6, 6.07) is 28.0. The van der Waals surface area contributed by atoms with Crippen LogP contribution >= 0.6 is 0 Å². The highest BCUT2D eigenvalue weighted by molar-refractivity contribution is 6.04. The van der Waals surface area contributed by atoms with Crippen molar-refractivity contribution < 1.29 is 0 Å². The number of aromatic nitrogens is 4. The zero-order chi connectivity index (χ0) is 23.6. The van der Waals surface area contributed by atoms with Gasteiger partial charge in [0, 0.05) is 34.1 Å². The van der Waals surface area contributed by atoms with Gasteiger partial charge in [0.05, 0.1) is 28.6 Å². The SMILES string of the molecule is CC1(C)c2ccccc2-c2ccc(-c3ccc4ccc5ccc(-c6cnccn6)nc5c4n3)cc21. The van der Waals surface area contributed by atoms with E-state index in [0.29, 0.717) is 0 Å². The van der Waals surface area contributed by atoms with Crippen LogP contribution in [0.2, 0.25) is 0 Å². The summed E-state index contributed by atoms with van der Waals surface area (Å²) < 4.78 is 0. The molecule has 3 aromatic heterocycles. The van der Waals surface area contributed by atoms with Crippen LogP contribution in [-0.4, -0.2) is 19.9 Å². The van der Waals surface area contributed by atoms with Gasteiger partial charge in [-0.25, -0.2) is 9.97 Å². The molecule has 0 unspecified atom stereocenters. The number of nitrogens with zero attached hydrogens (tertiary/aromatic N) is 4. The van der Waals surface area contributed by atoms with Crippen molar-refractivity contribution in [1.29, 1.82) is 0 Å². The molecule has 0 saturated carbocycles. The predicted molar refractivity (Wildman–Crippen MR) is 141 cm³/mol. The van der Waals surface area contributed by atoms with Gasteiger partial charge in [-0.3, -0.25) is 9.97 Å². The highest BCUT2D eigenvalue weighted by Gasteiger charge is 2.35. The fourth-order valence-electron chi connectivity index (χ4n) is 5.37. The van der Waals surface area contributed by atoms with Crippen LogP contribution < -0.4 is 0 Å². The predicted octanol–water partition coefficient (Wildman–Crippen LogP) is 7.21. The third kappa shape index (κ3) is 3.00. The zero-order valence-corrected chi connectivity index (χ0v) is 19.5. The van der Waals surface area contributed by atoms with Crippen LogP contribution in [0.3, 0.4) is 0 Å². The van der Waals surface area contributed by atoms with Crippen LogP contribution in [0.25, 0.3) is 55.6 Å². The van der Waals surface area contributed by atoms with Crippen LogP contribution in [0.1, 0.15) is 25.0 Å². The summed E-state index contributed by atoms with van der Waals surface area (Å²) in [5.74, 6) is 0. The number of rotatable bonds is 2. The van der Waals surface area contributed by atoms with Gasteiger partial charge in [-0.2, -0.15) is 0 Å². The van der Waals surface area contributed by atoms with Crippen LogP contribution in [0.15, 0.2) is 97.5 Å². The van der Waals surface area contributed by atoms with Gasteiger partial charge in [-0.15, -0.1) is 0 Å². The average molecular weight is 451 g/mol. The lowest BCUT2D eigenvalue weighted by Gasteiger charge is -2.21. The quantitative estimate of drug-likeness (QED) is 0.262. The van der Waals surface area contributed by atoms with Gasteiger partial charge in [0.1, 0.15) is 5.69 Å². The number of fused-ring (bicyclic) bond motifs is 6. The normalized spacial score (nSPS) is 13.7. The Morgan fingerprint density at radius 2 is 1.29 bits per heavy atom. The molecular formula is C31H22N4. The minimum atomic E-state index is -0.0430. The first-order chi connectivity index (χ1) is 17.1. The summed E-state index contributed by atoms with van der Waals surface area (Å²) in [5.41, 5.74) is 10.7. The molecule has 1 aliphatic carbocycles. The molecule has 0 atom stereocenters. The van der Waals surface area contributed by atoms with Crippen molar-refractivity contribution in [2.45, 2.75) is 19.3 Å². The van der Waals surface area contributed by atoms with Crippen LogP contribution in [-0.2, 0) is 5.41 Å². The van der Waals surface area contributed by atoms with Crippen molar-refractivity contribution in [3.63, 3.8) is 0 Å². The number of hydrogen-bond acceptors (Lipinski definition) is 4. The van der Waals surface area contributed by atoms with E-state index in [1.54, 1.807) is 18.6 Å². The van der Waals surface area contributed by atoms with E-state index in [1.165, 1.54) is 22.3 Å². The van der Waals surface area contributed by atoms with Gasteiger partial charge >= 0.3 is 0 Å². The Morgan fingerprint density at radius 3 is 2.06 bits per heavy atom. The summed E-state index contributed by atoms with van der Waals surface area (Å²) in [7, 11) is 0. The largest absolute Gasteiger partial charge is 0.261 e. The van der Waals surface area contributed by atoms with E-state index in [-0.39, 0.29) is 5.41 Å². The molecule has 6 aromatic rings. The van der Waals surface area contributed by atoms with E-state index in [4.69, 9.17) is 9.97 Å². The second-order valence-electron chi connectivity index (χ2n) is 9.62. The van der Waals surface area contributed by atoms with Gasteiger partial charge in [-0.05, 0) is 40.5 Å². The average Bonchev–Trinajstić information content (AvgIpc) is 3.15. The molecule has 0 amide bonds. The van der Waals surface area contributed by atoms with E-state index in [0.717, 1.165) is 44.5 Å². The van der Waals surface area contributed by atoms with Crippen molar-refractivity contribution in [3.8, 4) is 33.8 Å².